The molecule has 0 aliphatic rings. The number of rotatable bonds is 6. The minimum atomic E-state index is -0.998. The minimum Gasteiger partial charge on any atom is -0.206 e. The highest BCUT2D eigenvalue weighted by Crippen LogP contribution is 2.34. The molecule has 0 aromatic heterocycles. The van der Waals surface area contributed by atoms with Crippen molar-refractivity contribution in [2.24, 2.45) is 0 Å². The van der Waals surface area contributed by atoms with Crippen molar-refractivity contribution in [3.05, 3.63) is 83.2 Å². The summed E-state index contributed by atoms with van der Waals surface area (Å²) in [4.78, 5) is 0. The predicted molar refractivity (Wildman–Crippen MR) is 119 cm³/mol. The summed E-state index contributed by atoms with van der Waals surface area (Å²) in [5, 5.41) is 12.0. The third kappa shape index (κ3) is 4.01. The van der Waals surface area contributed by atoms with E-state index in [0.717, 1.165) is 41.1 Å². The first kappa shape index (κ1) is 20.9. The van der Waals surface area contributed by atoms with E-state index >= 15 is 4.39 Å². The zero-order chi connectivity index (χ0) is 22.0. The van der Waals surface area contributed by atoms with Gasteiger partial charge in [0.15, 0.2) is 0 Å². The molecule has 4 aromatic carbocycles. The van der Waals surface area contributed by atoms with Crippen molar-refractivity contribution in [1.82, 2.24) is 0 Å². The van der Waals surface area contributed by atoms with E-state index in [1.165, 1.54) is 37.0 Å². The van der Waals surface area contributed by atoms with Crippen LogP contribution < -0.4 is 0 Å². The van der Waals surface area contributed by atoms with Gasteiger partial charge in [-0.05, 0) is 52.3 Å². The lowest BCUT2D eigenvalue weighted by atomic mass is 9.94. The summed E-state index contributed by atoms with van der Waals surface area (Å²) in [5.41, 5.74) is 0.766. The van der Waals surface area contributed by atoms with Gasteiger partial charge in [0.05, 0.1) is 0 Å². The van der Waals surface area contributed by atoms with Crippen molar-refractivity contribution in [2.45, 2.75) is 39.0 Å². The van der Waals surface area contributed by atoms with E-state index in [0.29, 0.717) is 5.39 Å². The predicted octanol–water partition coefficient (Wildman–Crippen LogP) is 8.07. The van der Waals surface area contributed by atoms with Crippen LogP contribution in [-0.2, 0) is 6.42 Å². The molecule has 0 saturated carbocycles. The maximum atomic E-state index is 15.3. The Bertz CT molecular complexity index is 1290. The maximum Gasteiger partial charge on any atom is 0.144 e. The molecule has 4 heteroatoms. The van der Waals surface area contributed by atoms with Gasteiger partial charge in [0, 0.05) is 10.9 Å². The van der Waals surface area contributed by atoms with E-state index in [1.807, 2.05) is 12.1 Å². The van der Waals surface area contributed by atoms with E-state index in [2.05, 4.69) is 19.1 Å². The van der Waals surface area contributed by atoms with E-state index in [-0.39, 0.29) is 11.1 Å². The summed E-state index contributed by atoms with van der Waals surface area (Å²) in [6.45, 7) is 2.19. The highest BCUT2D eigenvalue weighted by molar-refractivity contribution is 6.08. The van der Waals surface area contributed by atoms with Crippen LogP contribution in [0.5, 0.6) is 0 Å². The van der Waals surface area contributed by atoms with Gasteiger partial charge < -0.3 is 0 Å². The van der Waals surface area contributed by atoms with Crippen LogP contribution in [0.15, 0.2) is 54.6 Å². The molecule has 0 heterocycles. The van der Waals surface area contributed by atoms with Crippen LogP contribution in [0.1, 0.15) is 43.7 Å². The van der Waals surface area contributed by atoms with Crippen molar-refractivity contribution in [1.29, 1.82) is 5.26 Å². The smallest absolute Gasteiger partial charge is 0.144 e. The van der Waals surface area contributed by atoms with Crippen LogP contribution in [-0.4, -0.2) is 0 Å². The van der Waals surface area contributed by atoms with E-state index in [1.54, 1.807) is 12.1 Å². The fourth-order valence-electron chi connectivity index (χ4n) is 4.13. The molecule has 0 aliphatic heterocycles. The molecular weight excluding hydrogens is 395 g/mol. The highest BCUT2D eigenvalue weighted by atomic mass is 19.1. The van der Waals surface area contributed by atoms with Gasteiger partial charge >= 0.3 is 0 Å². The number of hydrogen-bond acceptors (Lipinski definition) is 1. The van der Waals surface area contributed by atoms with Crippen LogP contribution in [0, 0.1) is 28.8 Å². The van der Waals surface area contributed by atoms with Gasteiger partial charge in [0.1, 0.15) is 29.1 Å². The third-order valence-corrected chi connectivity index (χ3v) is 5.80. The lowest BCUT2D eigenvalue weighted by Crippen LogP contribution is -1.94. The standard InChI is InChI=1S/C27H22F3N/c1-2-3-4-5-6-17-7-9-20-18(13-17)8-10-23-22(20)12-11-21(27(23)30)19-14-25(28)24(16-31)26(29)15-19/h7-15H,2-6H2,1H3. The van der Waals surface area contributed by atoms with Gasteiger partial charge in [0.25, 0.3) is 0 Å². The molecule has 0 saturated heterocycles. The zero-order valence-electron chi connectivity index (χ0n) is 17.3. The summed E-state index contributed by atoms with van der Waals surface area (Å²) in [6, 6.07) is 16.7. The lowest BCUT2D eigenvalue weighted by molar-refractivity contribution is 0.577. The van der Waals surface area contributed by atoms with Crippen molar-refractivity contribution in [2.75, 3.05) is 0 Å². The first-order valence-corrected chi connectivity index (χ1v) is 10.6. The minimum absolute atomic E-state index is 0.0657. The maximum absolute atomic E-state index is 15.3. The molecule has 0 aliphatic carbocycles. The van der Waals surface area contributed by atoms with Crippen LogP contribution >= 0.6 is 0 Å². The molecule has 0 bridgehead atoms. The summed E-state index contributed by atoms with van der Waals surface area (Å²) in [6.07, 6.45) is 5.85. The molecular formula is C27H22F3N. The second-order valence-corrected chi connectivity index (χ2v) is 7.88. The molecule has 0 atom stereocenters. The Kier molecular flexibility index (Phi) is 5.95. The van der Waals surface area contributed by atoms with Gasteiger partial charge in [-0.15, -0.1) is 0 Å². The fraction of sp³-hybridized carbons (Fsp3) is 0.222. The van der Waals surface area contributed by atoms with Crippen molar-refractivity contribution < 1.29 is 13.2 Å². The van der Waals surface area contributed by atoms with Crippen molar-refractivity contribution in [3.63, 3.8) is 0 Å². The fourth-order valence-corrected chi connectivity index (χ4v) is 4.13. The molecule has 4 aromatic rings. The molecule has 1 nitrogen and oxygen atoms in total. The van der Waals surface area contributed by atoms with Crippen molar-refractivity contribution >= 4 is 21.5 Å². The number of aryl methyl sites for hydroxylation is 1. The molecule has 0 radical (unpaired) electrons. The molecule has 0 amide bonds. The molecule has 156 valence electrons. The highest BCUT2D eigenvalue weighted by Gasteiger charge is 2.16. The van der Waals surface area contributed by atoms with E-state index in [9.17, 15) is 8.78 Å². The molecule has 0 spiro atoms. The summed E-state index contributed by atoms with van der Waals surface area (Å²) in [5.74, 6) is -2.53. The SMILES string of the molecule is CCCCCCc1ccc2c(ccc3c(F)c(-c4cc(F)c(C#N)c(F)c4)ccc32)c1. The number of hydrogen-bond donors (Lipinski definition) is 0. The Hall–Kier alpha value is -3.32. The Morgan fingerprint density at radius 3 is 2.19 bits per heavy atom. The van der Waals surface area contributed by atoms with E-state index < -0.39 is 23.0 Å². The first-order valence-electron chi connectivity index (χ1n) is 10.6. The summed E-state index contributed by atoms with van der Waals surface area (Å²) < 4.78 is 43.4. The van der Waals surface area contributed by atoms with Crippen LogP contribution in [0.2, 0.25) is 0 Å². The van der Waals surface area contributed by atoms with Crippen molar-refractivity contribution in [3.8, 4) is 17.2 Å². The summed E-state index contributed by atoms with van der Waals surface area (Å²) in [7, 11) is 0. The van der Waals surface area contributed by atoms with Crippen LogP contribution in [0.4, 0.5) is 13.2 Å². The second kappa shape index (κ2) is 8.81. The molecule has 0 N–H and O–H groups in total. The Balaban J connectivity index is 1.75. The Morgan fingerprint density at radius 2 is 1.48 bits per heavy atom. The molecule has 4 rings (SSSR count). The van der Waals surface area contributed by atoms with E-state index in [4.69, 9.17) is 5.26 Å². The second-order valence-electron chi connectivity index (χ2n) is 7.88. The normalized spacial score (nSPS) is 11.2. The van der Waals surface area contributed by atoms with Gasteiger partial charge in [-0.1, -0.05) is 68.7 Å². The summed E-state index contributed by atoms with van der Waals surface area (Å²) >= 11 is 0. The number of nitriles is 1. The largest absolute Gasteiger partial charge is 0.206 e. The Labute approximate surface area is 179 Å². The topological polar surface area (TPSA) is 23.8 Å². The van der Waals surface area contributed by atoms with Crippen LogP contribution in [0.25, 0.3) is 32.7 Å². The lowest BCUT2D eigenvalue weighted by Gasteiger charge is -2.11. The molecule has 0 fully saturated rings. The van der Waals surface area contributed by atoms with Crippen LogP contribution in [0.3, 0.4) is 0 Å². The average Bonchev–Trinajstić information content (AvgIpc) is 2.76. The monoisotopic (exact) mass is 417 g/mol. The third-order valence-electron chi connectivity index (χ3n) is 5.80. The average molecular weight is 417 g/mol. The zero-order valence-corrected chi connectivity index (χ0v) is 17.3. The number of nitrogens with zero attached hydrogens (tertiary/aromatic N) is 1. The first-order chi connectivity index (χ1) is 15.0. The molecule has 0 unspecified atom stereocenters. The number of benzene rings is 4. The van der Waals surface area contributed by atoms with Gasteiger partial charge in [0.2, 0.25) is 0 Å². The van der Waals surface area contributed by atoms with Gasteiger partial charge in [-0.2, -0.15) is 5.26 Å². The molecule has 31 heavy (non-hydrogen) atoms. The quantitative estimate of drug-likeness (QED) is 0.230. The Morgan fingerprint density at radius 1 is 0.774 bits per heavy atom. The number of unbranched alkanes of at least 4 members (excludes halogenated alkanes) is 3. The van der Waals surface area contributed by atoms with Gasteiger partial charge in [-0.3, -0.25) is 0 Å². The van der Waals surface area contributed by atoms with Gasteiger partial charge in [-0.25, -0.2) is 13.2 Å². The number of halogens is 3. The number of fused-ring (bicyclic) bond motifs is 3.